The van der Waals surface area contributed by atoms with E-state index in [1.807, 2.05) is 0 Å². The highest BCUT2D eigenvalue weighted by molar-refractivity contribution is 5.81. The Morgan fingerprint density at radius 1 is 1.33 bits per heavy atom. The molecule has 0 bridgehead atoms. The van der Waals surface area contributed by atoms with Crippen molar-refractivity contribution in [1.29, 1.82) is 0 Å². The summed E-state index contributed by atoms with van der Waals surface area (Å²) in [6.07, 6.45) is 5.77. The van der Waals surface area contributed by atoms with Crippen LogP contribution in [0, 0.1) is 11.8 Å². The summed E-state index contributed by atoms with van der Waals surface area (Å²) < 4.78 is 0. The third-order valence-corrected chi connectivity index (χ3v) is 3.95. The predicted octanol–water partition coefficient (Wildman–Crippen LogP) is 2.48. The highest BCUT2D eigenvalue weighted by Gasteiger charge is 2.33. The minimum absolute atomic E-state index is 0.342. The van der Waals surface area contributed by atoms with Crippen molar-refractivity contribution in [2.45, 2.75) is 52.0 Å². The van der Waals surface area contributed by atoms with E-state index in [2.05, 4.69) is 18.7 Å². The number of hydrogen-bond donors (Lipinski definition) is 0. The molecule has 2 aliphatic carbocycles. The van der Waals surface area contributed by atoms with Gasteiger partial charge in [-0.25, -0.2) is 0 Å². The van der Waals surface area contributed by atoms with Crippen molar-refractivity contribution in [2.75, 3.05) is 13.1 Å². The van der Waals surface area contributed by atoms with E-state index in [0.29, 0.717) is 11.7 Å². The normalized spacial score (nSPS) is 32.3. The summed E-state index contributed by atoms with van der Waals surface area (Å²) in [7, 11) is 0. The van der Waals surface area contributed by atoms with E-state index < -0.39 is 0 Å². The lowest BCUT2D eigenvalue weighted by molar-refractivity contribution is -0.126. The molecule has 0 aliphatic heterocycles. The van der Waals surface area contributed by atoms with E-state index in [0.717, 1.165) is 44.3 Å². The molecule has 0 aromatic heterocycles. The van der Waals surface area contributed by atoms with Gasteiger partial charge in [-0.2, -0.15) is 0 Å². The first-order chi connectivity index (χ1) is 7.20. The van der Waals surface area contributed by atoms with Crippen molar-refractivity contribution in [1.82, 2.24) is 4.90 Å². The van der Waals surface area contributed by atoms with Crippen LogP contribution in [0.25, 0.3) is 0 Å². The van der Waals surface area contributed by atoms with Gasteiger partial charge in [0.15, 0.2) is 0 Å². The lowest BCUT2D eigenvalue weighted by Crippen LogP contribution is -2.37. The number of Topliss-reactive ketones (excluding diaryl/α,β-unsaturated/α-hetero) is 1. The van der Waals surface area contributed by atoms with E-state index in [1.54, 1.807) is 0 Å². The van der Waals surface area contributed by atoms with Crippen molar-refractivity contribution < 1.29 is 4.79 Å². The molecule has 2 aliphatic rings. The van der Waals surface area contributed by atoms with Gasteiger partial charge < -0.3 is 0 Å². The summed E-state index contributed by atoms with van der Waals surface area (Å²) in [6.45, 7) is 6.65. The summed E-state index contributed by atoms with van der Waals surface area (Å²) >= 11 is 0. The van der Waals surface area contributed by atoms with E-state index in [9.17, 15) is 4.79 Å². The summed E-state index contributed by atoms with van der Waals surface area (Å²) in [5, 5.41) is 0. The minimum Gasteiger partial charge on any atom is -0.300 e. The molecule has 2 nitrogen and oxygen atoms in total. The Morgan fingerprint density at radius 3 is 2.67 bits per heavy atom. The third-order valence-electron chi connectivity index (χ3n) is 3.95. The fourth-order valence-corrected chi connectivity index (χ4v) is 2.76. The Labute approximate surface area is 93.0 Å². The summed E-state index contributed by atoms with van der Waals surface area (Å²) in [5.74, 6) is 1.62. The number of carbonyl (C=O) groups excluding carboxylic acids is 1. The molecule has 15 heavy (non-hydrogen) atoms. The monoisotopic (exact) mass is 209 g/mol. The molecule has 0 heterocycles. The molecule has 2 rings (SSSR count). The quantitative estimate of drug-likeness (QED) is 0.709. The average molecular weight is 209 g/mol. The highest BCUT2D eigenvalue weighted by atomic mass is 16.1. The molecule has 86 valence electrons. The molecule has 0 radical (unpaired) electrons. The Balaban J connectivity index is 1.87. The molecule has 0 saturated heterocycles. The SMILES string of the molecule is CCN(CC1CC(C)CCC1=O)C1CC1. The molecule has 0 N–H and O–H groups in total. The molecule has 0 aromatic carbocycles. The smallest absolute Gasteiger partial charge is 0.137 e. The van der Waals surface area contributed by atoms with Gasteiger partial charge in [-0.15, -0.1) is 0 Å². The van der Waals surface area contributed by atoms with Gasteiger partial charge in [0.2, 0.25) is 0 Å². The Bertz CT molecular complexity index is 235. The molecular weight excluding hydrogens is 186 g/mol. The van der Waals surface area contributed by atoms with Crippen molar-refractivity contribution in [2.24, 2.45) is 11.8 Å². The van der Waals surface area contributed by atoms with Gasteiger partial charge in [-0.1, -0.05) is 13.8 Å². The van der Waals surface area contributed by atoms with Crippen LogP contribution in [0.4, 0.5) is 0 Å². The van der Waals surface area contributed by atoms with Crippen LogP contribution < -0.4 is 0 Å². The number of carbonyl (C=O) groups is 1. The molecule has 0 aromatic rings. The van der Waals surface area contributed by atoms with E-state index in [4.69, 9.17) is 0 Å². The summed E-state index contributed by atoms with van der Waals surface area (Å²) in [5.41, 5.74) is 0. The van der Waals surface area contributed by atoms with Crippen molar-refractivity contribution >= 4 is 5.78 Å². The molecule has 0 amide bonds. The van der Waals surface area contributed by atoms with Gasteiger partial charge in [-0.05, 0) is 38.1 Å². The first kappa shape index (κ1) is 11.1. The first-order valence-corrected chi connectivity index (χ1v) is 6.47. The molecule has 2 saturated carbocycles. The van der Waals surface area contributed by atoms with Crippen LogP contribution in [0.3, 0.4) is 0 Å². The van der Waals surface area contributed by atoms with Gasteiger partial charge in [0.05, 0.1) is 0 Å². The lowest BCUT2D eigenvalue weighted by Gasteiger charge is -2.30. The minimum atomic E-state index is 0.342. The van der Waals surface area contributed by atoms with Crippen LogP contribution in [-0.4, -0.2) is 29.8 Å². The van der Waals surface area contributed by atoms with E-state index >= 15 is 0 Å². The second-order valence-corrected chi connectivity index (χ2v) is 5.36. The number of nitrogens with zero attached hydrogens (tertiary/aromatic N) is 1. The second kappa shape index (κ2) is 4.65. The van der Waals surface area contributed by atoms with Crippen LogP contribution in [-0.2, 0) is 4.79 Å². The Morgan fingerprint density at radius 2 is 2.07 bits per heavy atom. The predicted molar refractivity (Wildman–Crippen MR) is 61.8 cm³/mol. The van der Waals surface area contributed by atoms with Crippen LogP contribution in [0.2, 0.25) is 0 Å². The maximum atomic E-state index is 11.8. The van der Waals surface area contributed by atoms with E-state index in [-0.39, 0.29) is 0 Å². The van der Waals surface area contributed by atoms with Crippen LogP contribution in [0.1, 0.15) is 46.0 Å². The summed E-state index contributed by atoms with van der Waals surface area (Å²) in [4.78, 5) is 14.3. The number of rotatable bonds is 4. The van der Waals surface area contributed by atoms with Crippen molar-refractivity contribution in [3.05, 3.63) is 0 Å². The Kier molecular flexibility index (Phi) is 3.45. The zero-order chi connectivity index (χ0) is 10.8. The molecule has 2 unspecified atom stereocenters. The van der Waals surface area contributed by atoms with Gasteiger partial charge in [-0.3, -0.25) is 9.69 Å². The average Bonchev–Trinajstić information content (AvgIpc) is 3.03. The van der Waals surface area contributed by atoms with Crippen molar-refractivity contribution in [3.63, 3.8) is 0 Å². The standard InChI is InChI=1S/C13H23NO/c1-3-14(12-5-6-12)9-11-8-10(2)4-7-13(11)15/h10-12H,3-9H2,1-2H3. The first-order valence-electron chi connectivity index (χ1n) is 6.47. The van der Waals surface area contributed by atoms with Crippen LogP contribution >= 0.6 is 0 Å². The topological polar surface area (TPSA) is 20.3 Å². The maximum absolute atomic E-state index is 11.8. The maximum Gasteiger partial charge on any atom is 0.137 e. The fraction of sp³-hybridized carbons (Fsp3) is 0.923. The zero-order valence-electron chi connectivity index (χ0n) is 10.0. The summed E-state index contributed by atoms with van der Waals surface area (Å²) in [6, 6.07) is 0.806. The van der Waals surface area contributed by atoms with Gasteiger partial charge >= 0.3 is 0 Å². The van der Waals surface area contributed by atoms with E-state index in [1.165, 1.54) is 12.8 Å². The Hall–Kier alpha value is -0.370. The van der Waals surface area contributed by atoms with Gasteiger partial charge in [0.1, 0.15) is 5.78 Å². The molecule has 2 fully saturated rings. The third kappa shape index (κ3) is 2.81. The number of hydrogen-bond acceptors (Lipinski definition) is 2. The van der Waals surface area contributed by atoms with Crippen molar-refractivity contribution in [3.8, 4) is 0 Å². The molecule has 2 heteroatoms. The zero-order valence-corrected chi connectivity index (χ0v) is 10.0. The largest absolute Gasteiger partial charge is 0.300 e. The lowest BCUT2D eigenvalue weighted by atomic mass is 9.81. The van der Waals surface area contributed by atoms with Crippen LogP contribution in [0.15, 0.2) is 0 Å². The molecule has 2 atom stereocenters. The van der Waals surface area contributed by atoms with Gasteiger partial charge in [0.25, 0.3) is 0 Å². The van der Waals surface area contributed by atoms with Gasteiger partial charge in [0, 0.05) is 24.9 Å². The second-order valence-electron chi connectivity index (χ2n) is 5.36. The highest BCUT2D eigenvalue weighted by Crippen LogP contribution is 2.31. The fourth-order valence-electron chi connectivity index (χ4n) is 2.76. The number of ketones is 1. The van der Waals surface area contributed by atoms with Crippen LogP contribution in [0.5, 0.6) is 0 Å². The molecular formula is C13H23NO. The molecule has 0 spiro atoms.